The average molecular weight is 355 g/mol. The largest absolute Gasteiger partial charge is 0.394 e. The number of nitrogens with zero attached hydrogens (tertiary/aromatic N) is 1. The number of nitrogens with one attached hydrogen (secondary N) is 1. The molecular formula is C17H27BrN2O. The first-order valence-electron chi connectivity index (χ1n) is 8.07. The van der Waals surface area contributed by atoms with Crippen molar-refractivity contribution in [3.05, 3.63) is 28.2 Å². The lowest BCUT2D eigenvalue weighted by Crippen LogP contribution is -2.37. The van der Waals surface area contributed by atoms with Gasteiger partial charge in [-0.15, -0.1) is 0 Å². The second-order valence-electron chi connectivity index (χ2n) is 5.86. The molecule has 3 nitrogen and oxygen atoms in total. The number of rotatable bonds is 5. The van der Waals surface area contributed by atoms with Crippen LogP contribution in [0.15, 0.2) is 22.7 Å². The summed E-state index contributed by atoms with van der Waals surface area (Å²) in [5.41, 5.74) is 2.51. The summed E-state index contributed by atoms with van der Waals surface area (Å²) in [6, 6.07) is 7.21. The van der Waals surface area contributed by atoms with Crippen molar-refractivity contribution in [2.24, 2.45) is 0 Å². The quantitative estimate of drug-likeness (QED) is 0.842. The summed E-state index contributed by atoms with van der Waals surface area (Å²) in [7, 11) is 0. The van der Waals surface area contributed by atoms with Crippen molar-refractivity contribution in [2.45, 2.75) is 51.6 Å². The van der Waals surface area contributed by atoms with Gasteiger partial charge in [0.1, 0.15) is 0 Å². The molecule has 0 bridgehead atoms. The van der Waals surface area contributed by atoms with Gasteiger partial charge in [0.05, 0.1) is 12.6 Å². The molecule has 1 fully saturated rings. The molecule has 1 aliphatic rings. The average Bonchev–Trinajstić information content (AvgIpc) is 2.72. The topological polar surface area (TPSA) is 35.5 Å². The number of hydrogen-bond donors (Lipinski definition) is 2. The zero-order chi connectivity index (χ0) is 15.2. The number of aliphatic hydroxyl groups is 1. The van der Waals surface area contributed by atoms with Gasteiger partial charge >= 0.3 is 0 Å². The third kappa shape index (κ3) is 4.21. The Hall–Kier alpha value is -0.580. The van der Waals surface area contributed by atoms with Crippen LogP contribution in [0.25, 0.3) is 0 Å². The fourth-order valence-electron chi connectivity index (χ4n) is 3.17. The van der Waals surface area contributed by atoms with Gasteiger partial charge in [0.2, 0.25) is 0 Å². The number of halogens is 1. The van der Waals surface area contributed by atoms with Crippen LogP contribution in [0, 0.1) is 0 Å². The van der Waals surface area contributed by atoms with Crippen molar-refractivity contribution in [1.29, 1.82) is 0 Å². The molecule has 1 heterocycles. The van der Waals surface area contributed by atoms with E-state index in [4.69, 9.17) is 0 Å². The molecule has 0 spiro atoms. The Bertz CT molecular complexity index is 452. The Labute approximate surface area is 136 Å². The van der Waals surface area contributed by atoms with Gasteiger partial charge in [-0.25, -0.2) is 0 Å². The highest BCUT2D eigenvalue weighted by atomic mass is 79.9. The summed E-state index contributed by atoms with van der Waals surface area (Å²) >= 11 is 3.72. The third-order valence-corrected chi connectivity index (χ3v) is 5.07. The molecule has 118 valence electrons. The van der Waals surface area contributed by atoms with Crippen molar-refractivity contribution in [3.63, 3.8) is 0 Å². The summed E-state index contributed by atoms with van der Waals surface area (Å²) in [5.74, 6) is 0. The Morgan fingerprint density at radius 3 is 2.86 bits per heavy atom. The van der Waals surface area contributed by atoms with Crippen LogP contribution in [-0.4, -0.2) is 30.8 Å². The number of benzene rings is 1. The standard InChI is InChI=1S/C17H27BrN2O/c1-3-19-13(2)16-9-8-14(11-17(16)18)20-10-6-4-5-7-15(20)12-21/h8-9,11,13,15,19,21H,3-7,10,12H2,1-2H3. The highest BCUT2D eigenvalue weighted by Crippen LogP contribution is 2.31. The second-order valence-corrected chi connectivity index (χ2v) is 6.72. The smallest absolute Gasteiger partial charge is 0.0635 e. The van der Waals surface area contributed by atoms with Crippen LogP contribution in [0.2, 0.25) is 0 Å². The maximum atomic E-state index is 9.67. The molecule has 1 aliphatic heterocycles. The Balaban J connectivity index is 2.21. The summed E-state index contributed by atoms with van der Waals surface area (Å²) in [6.07, 6.45) is 4.79. The lowest BCUT2D eigenvalue weighted by Gasteiger charge is -2.31. The first kappa shape index (κ1) is 16.8. The minimum Gasteiger partial charge on any atom is -0.394 e. The van der Waals surface area contributed by atoms with E-state index < -0.39 is 0 Å². The maximum absolute atomic E-state index is 9.67. The van der Waals surface area contributed by atoms with E-state index in [1.807, 2.05) is 0 Å². The molecule has 0 amide bonds. The van der Waals surface area contributed by atoms with Crippen LogP contribution in [0.3, 0.4) is 0 Å². The first-order valence-corrected chi connectivity index (χ1v) is 8.87. The Kier molecular flexibility index (Phi) is 6.52. The van der Waals surface area contributed by atoms with E-state index in [2.05, 4.69) is 58.2 Å². The SMILES string of the molecule is CCNC(C)c1ccc(N2CCCCCC2CO)cc1Br. The highest BCUT2D eigenvalue weighted by molar-refractivity contribution is 9.10. The van der Waals surface area contributed by atoms with E-state index in [1.54, 1.807) is 0 Å². The number of anilines is 1. The third-order valence-electron chi connectivity index (χ3n) is 4.38. The minimum atomic E-state index is 0.243. The van der Waals surface area contributed by atoms with E-state index in [9.17, 15) is 5.11 Å². The van der Waals surface area contributed by atoms with Gasteiger partial charge in [-0.05, 0) is 44.0 Å². The van der Waals surface area contributed by atoms with Gasteiger partial charge in [0, 0.05) is 22.7 Å². The van der Waals surface area contributed by atoms with Crippen LogP contribution >= 0.6 is 15.9 Å². The lowest BCUT2D eigenvalue weighted by molar-refractivity contribution is 0.255. The number of hydrogen-bond acceptors (Lipinski definition) is 3. The minimum absolute atomic E-state index is 0.243. The summed E-state index contributed by atoms with van der Waals surface area (Å²) in [4.78, 5) is 2.37. The predicted molar refractivity (Wildman–Crippen MR) is 92.9 cm³/mol. The van der Waals surface area contributed by atoms with Gasteiger partial charge in [0.15, 0.2) is 0 Å². The lowest BCUT2D eigenvalue weighted by atomic mass is 10.1. The zero-order valence-corrected chi connectivity index (χ0v) is 14.7. The molecule has 2 unspecified atom stereocenters. The monoisotopic (exact) mass is 354 g/mol. The van der Waals surface area contributed by atoms with Crippen molar-refractivity contribution in [2.75, 3.05) is 24.6 Å². The van der Waals surface area contributed by atoms with Gasteiger partial charge in [-0.2, -0.15) is 0 Å². The van der Waals surface area contributed by atoms with Crippen molar-refractivity contribution < 1.29 is 5.11 Å². The summed E-state index contributed by atoms with van der Waals surface area (Å²) < 4.78 is 1.15. The van der Waals surface area contributed by atoms with Crippen molar-refractivity contribution in [3.8, 4) is 0 Å². The highest BCUT2D eigenvalue weighted by Gasteiger charge is 2.21. The van der Waals surface area contributed by atoms with E-state index in [0.29, 0.717) is 6.04 Å². The van der Waals surface area contributed by atoms with Crippen LogP contribution in [0.4, 0.5) is 5.69 Å². The van der Waals surface area contributed by atoms with Crippen LogP contribution < -0.4 is 10.2 Å². The van der Waals surface area contributed by atoms with Crippen LogP contribution in [0.1, 0.15) is 51.1 Å². The Morgan fingerprint density at radius 2 is 2.19 bits per heavy atom. The Morgan fingerprint density at radius 1 is 1.38 bits per heavy atom. The van der Waals surface area contributed by atoms with E-state index in [1.165, 1.54) is 30.5 Å². The molecule has 2 atom stereocenters. The van der Waals surface area contributed by atoms with Crippen LogP contribution in [0.5, 0.6) is 0 Å². The molecule has 2 rings (SSSR count). The van der Waals surface area contributed by atoms with Crippen molar-refractivity contribution in [1.82, 2.24) is 5.32 Å². The van der Waals surface area contributed by atoms with Crippen LogP contribution in [-0.2, 0) is 0 Å². The van der Waals surface area contributed by atoms with Crippen molar-refractivity contribution >= 4 is 21.6 Å². The molecule has 1 saturated heterocycles. The van der Waals surface area contributed by atoms with E-state index in [-0.39, 0.29) is 12.6 Å². The van der Waals surface area contributed by atoms with E-state index >= 15 is 0 Å². The molecule has 0 aromatic heterocycles. The summed E-state index contributed by atoms with van der Waals surface area (Å²) in [5, 5.41) is 13.1. The van der Waals surface area contributed by atoms with E-state index in [0.717, 1.165) is 24.0 Å². The zero-order valence-electron chi connectivity index (χ0n) is 13.1. The molecule has 4 heteroatoms. The number of aliphatic hydroxyl groups excluding tert-OH is 1. The maximum Gasteiger partial charge on any atom is 0.0635 e. The molecule has 21 heavy (non-hydrogen) atoms. The van der Waals surface area contributed by atoms with Gasteiger partial charge in [0.25, 0.3) is 0 Å². The normalized spacial score (nSPS) is 21.1. The first-order chi connectivity index (χ1) is 10.2. The fraction of sp³-hybridized carbons (Fsp3) is 0.647. The van der Waals surface area contributed by atoms with Gasteiger partial charge in [-0.3, -0.25) is 0 Å². The molecule has 2 N–H and O–H groups in total. The molecule has 0 aliphatic carbocycles. The molecular weight excluding hydrogens is 328 g/mol. The predicted octanol–water partition coefficient (Wildman–Crippen LogP) is 3.86. The van der Waals surface area contributed by atoms with Gasteiger partial charge in [-0.1, -0.05) is 41.8 Å². The molecule has 0 saturated carbocycles. The molecule has 0 radical (unpaired) electrons. The second kappa shape index (κ2) is 8.16. The van der Waals surface area contributed by atoms with Gasteiger partial charge < -0.3 is 15.3 Å². The molecule has 1 aromatic carbocycles. The fourth-order valence-corrected chi connectivity index (χ4v) is 3.88. The molecule has 1 aromatic rings. The summed E-state index contributed by atoms with van der Waals surface area (Å²) in [6.45, 7) is 6.56.